The summed E-state index contributed by atoms with van der Waals surface area (Å²) in [5, 5.41) is 0.0566. The van der Waals surface area contributed by atoms with Crippen LogP contribution >= 0.6 is 34.8 Å². The third kappa shape index (κ3) is 3.35. The van der Waals surface area contributed by atoms with Crippen LogP contribution < -0.4 is 10.5 Å². The maximum absolute atomic E-state index is 13.6. The van der Waals surface area contributed by atoms with Gasteiger partial charge in [0.1, 0.15) is 10.7 Å². The van der Waals surface area contributed by atoms with Gasteiger partial charge in [-0.2, -0.15) is 0 Å². The zero-order valence-corrected chi connectivity index (χ0v) is 13.3. The lowest BCUT2D eigenvalue weighted by Gasteiger charge is -2.12. The molecule has 0 aliphatic carbocycles. The molecule has 0 aromatic heterocycles. The molecule has 112 valence electrons. The maximum Gasteiger partial charge on any atom is 0.263 e. The van der Waals surface area contributed by atoms with Crippen molar-refractivity contribution in [2.45, 2.75) is 4.90 Å². The van der Waals surface area contributed by atoms with Gasteiger partial charge in [0.15, 0.2) is 0 Å². The topological polar surface area (TPSA) is 72.2 Å². The highest BCUT2D eigenvalue weighted by Crippen LogP contribution is 2.34. The number of sulfonamides is 1. The van der Waals surface area contributed by atoms with E-state index in [4.69, 9.17) is 40.5 Å². The molecule has 2 aromatic rings. The van der Waals surface area contributed by atoms with Crippen LogP contribution in [0.4, 0.5) is 15.8 Å². The highest BCUT2D eigenvalue weighted by Gasteiger charge is 2.22. The normalized spacial score (nSPS) is 11.4. The Balaban J connectivity index is 2.49. The number of hydrogen-bond donors (Lipinski definition) is 2. The fourth-order valence-electron chi connectivity index (χ4n) is 1.53. The summed E-state index contributed by atoms with van der Waals surface area (Å²) < 4.78 is 40.1. The molecule has 2 rings (SSSR count). The van der Waals surface area contributed by atoms with Crippen LogP contribution in [0.15, 0.2) is 35.2 Å². The van der Waals surface area contributed by atoms with Gasteiger partial charge in [-0.25, -0.2) is 12.8 Å². The van der Waals surface area contributed by atoms with E-state index >= 15 is 0 Å². The summed E-state index contributed by atoms with van der Waals surface area (Å²) in [6, 6.07) is 5.93. The first-order valence-electron chi connectivity index (χ1n) is 5.43. The minimum Gasteiger partial charge on any atom is -0.396 e. The molecule has 0 aliphatic rings. The summed E-state index contributed by atoms with van der Waals surface area (Å²) in [4.78, 5) is -0.314. The number of nitrogen functional groups attached to an aromatic ring is 1. The van der Waals surface area contributed by atoms with Crippen LogP contribution in [0, 0.1) is 5.82 Å². The van der Waals surface area contributed by atoms with Gasteiger partial charge in [-0.15, -0.1) is 0 Å². The van der Waals surface area contributed by atoms with E-state index in [-0.39, 0.29) is 31.3 Å². The molecular weight excluding hydrogens is 362 g/mol. The molecular formula is C12H8Cl3FN2O2S. The Morgan fingerprint density at radius 3 is 2.43 bits per heavy atom. The first-order chi connectivity index (χ1) is 9.72. The molecule has 2 aromatic carbocycles. The number of rotatable bonds is 3. The second kappa shape index (κ2) is 5.88. The number of hydrogen-bond acceptors (Lipinski definition) is 3. The first-order valence-corrected chi connectivity index (χ1v) is 8.05. The van der Waals surface area contributed by atoms with E-state index in [0.29, 0.717) is 0 Å². The van der Waals surface area contributed by atoms with Crippen molar-refractivity contribution in [2.75, 3.05) is 10.5 Å². The predicted molar refractivity (Wildman–Crippen MR) is 83.1 cm³/mol. The first kappa shape index (κ1) is 16.2. The quantitative estimate of drug-likeness (QED) is 0.798. The lowest BCUT2D eigenvalue weighted by Crippen LogP contribution is -2.15. The predicted octanol–water partition coefficient (Wildman–Crippen LogP) is 4.17. The molecule has 0 heterocycles. The molecule has 0 atom stereocenters. The van der Waals surface area contributed by atoms with Gasteiger partial charge in [-0.3, -0.25) is 4.72 Å². The SMILES string of the molecule is Nc1c(Cl)ccc(S(=O)(=O)Nc2cc(Cl)ccc2F)c1Cl. The Kier molecular flexibility index (Phi) is 4.53. The van der Waals surface area contributed by atoms with Crippen LogP contribution in [0.1, 0.15) is 0 Å². The summed E-state index contributed by atoms with van der Waals surface area (Å²) in [5.41, 5.74) is 5.20. The molecule has 3 N–H and O–H groups in total. The maximum atomic E-state index is 13.6. The van der Waals surface area contributed by atoms with Gasteiger partial charge >= 0.3 is 0 Å². The van der Waals surface area contributed by atoms with Crippen LogP contribution in [0.3, 0.4) is 0 Å². The minimum absolute atomic E-state index is 0.0761. The fourth-order valence-corrected chi connectivity index (χ4v) is 3.53. The number of anilines is 2. The Morgan fingerprint density at radius 1 is 1.10 bits per heavy atom. The summed E-state index contributed by atoms with van der Waals surface area (Å²) >= 11 is 17.3. The molecule has 0 saturated heterocycles. The second-order valence-corrected chi connectivity index (χ2v) is 6.88. The Bertz CT molecular complexity index is 812. The van der Waals surface area contributed by atoms with Crippen molar-refractivity contribution >= 4 is 56.2 Å². The molecule has 0 amide bonds. The van der Waals surface area contributed by atoms with Crippen LogP contribution in [0.5, 0.6) is 0 Å². The lowest BCUT2D eigenvalue weighted by atomic mass is 10.3. The minimum atomic E-state index is -4.14. The van der Waals surface area contributed by atoms with E-state index in [1.807, 2.05) is 0 Å². The van der Waals surface area contributed by atoms with Crippen molar-refractivity contribution in [3.63, 3.8) is 0 Å². The molecule has 0 radical (unpaired) electrons. The highest BCUT2D eigenvalue weighted by atomic mass is 35.5. The Morgan fingerprint density at radius 2 is 1.76 bits per heavy atom. The molecule has 21 heavy (non-hydrogen) atoms. The number of benzene rings is 2. The number of halogens is 4. The van der Waals surface area contributed by atoms with Crippen LogP contribution in [-0.2, 0) is 10.0 Å². The summed E-state index contributed by atoms with van der Waals surface area (Å²) in [6.07, 6.45) is 0. The Hall–Kier alpha value is -1.21. The zero-order valence-electron chi connectivity index (χ0n) is 10.2. The van der Waals surface area contributed by atoms with Crippen molar-refractivity contribution in [3.05, 3.63) is 51.2 Å². The molecule has 4 nitrogen and oxygen atoms in total. The summed E-state index contributed by atoms with van der Waals surface area (Å²) in [6.45, 7) is 0. The van der Waals surface area contributed by atoms with Crippen molar-refractivity contribution in [1.82, 2.24) is 0 Å². The lowest BCUT2D eigenvalue weighted by molar-refractivity contribution is 0.598. The van der Waals surface area contributed by atoms with Gasteiger partial charge in [-0.1, -0.05) is 34.8 Å². The van der Waals surface area contributed by atoms with Gasteiger partial charge in [0.2, 0.25) is 0 Å². The van der Waals surface area contributed by atoms with Gasteiger partial charge in [-0.05, 0) is 30.3 Å². The van der Waals surface area contributed by atoms with Gasteiger partial charge in [0.25, 0.3) is 10.0 Å². The van der Waals surface area contributed by atoms with E-state index in [0.717, 1.165) is 12.1 Å². The van der Waals surface area contributed by atoms with Gasteiger partial charge in [0.05, 0.1) is 21.4 Å². The van der Waals surface area contributed by atoms with Crippen molar-refractivity contribution in [1.29, 1.82) is 0 Å². The standard InChI is InChI=1S/C12H8Cl3FN2O2S/c13-6-1-3-8(16)9(5-6)18-21(19,20)10-4-2-7(14)12(17)11(10)15/h1-5,18H,17H2. The smallest absolute Gasteiger partial charge is 0.263 e. The summed E-state index contributed by atoms with van der Waals surface area (Å²) in [7, 11) is -4.14. The molecule has 0 spiro atoms. The van der Waals surface area contributed by atoms with Crippen molar-refractivity contribution in [2.24, 2.45) is 0 Å². The van der Waals surface area contributed by atoms with Gasteiger partial charge in [0, 0.05) is 5.02 Å². The molecule has 0 bridgehead atoms. The average Bonchev–Trinajstić information content (AvgIpc) is 2.39. The van der Waals surface area contributed by atoms with E-state index in [1.165, 1.54) is 18.2 Å². The third-order valence-electron chi connectivity index (χ3n) is 2.55. The Labute approximate surface area is 135 Å². The number of nitrogens with one attached hydrogen (secondary N) is 1. The van der Waals surface area contributed by atoms with Crippen molar-refractivity contribution < 1.29 is 12.8 Å². The molecule has 0 saturated carbocycles. The zero-order chi connectivity index (χ0) is 15.8. The van der Waals surface area contributed by atoms with E-state index in [1.54, 1.807) is 0 Å². The second-order valence-electron chi connectivity index (χ2n) is 4.00. The van der Waals surface area contributed by atoms with E-state index < -0.39 is 15.8 Å². The van der Waals surface area contributed by atoms with Gasteiger partial charge < -0.3 is 5.73 Å². The van der Waals surface area contributed by atoms with E-state index in [2.05, 4.69) is 4.72 Å². The van der Waals surface area contributed by atoms with E-state index in [9.17, 15) is 12.8 Å². The number of nitrogens with two attached hydrogens (primary N) is 1. The van der Waals surface area contributed by atoms with Crippen LogP contribution in [0.2, 0.25) is 15.1 Å². The van der Waals surface area contributed by atoms with Crippen LogP contribution in [-0.4, -0.2) is 8.42 Å². The monoisotopic (exact) mass is 368 g/mol. The molecule has 0 aliphatic heterocycles. The molecule has 0 fully saturated rings. The van der Waals surface area contributed by atoms with Crippen molar-refractivity contribution in [3.8, 4) is 0 Å². The average molecular weight is 370 g/mol. The summed E-state index contributed by atoms with van der Waals surface area (Å²) in [5.74, 6) is -0.777. The van der Waals surface area contributed by atoms with Crippen LogP contribution in [0.25, 0.3) is 0 Å². The molecule has 9 heteroatoms. The third-order valence-corrected chi connectivity index (χ3v) is 5.05. The highest BCUT2D eigenvalue weighted by molar-refractivity contribution is 7.92. The largest absolute Gasteiger partial charge is 0.396 e. The fraction of sp³-hybridized carbons (Fsp3) is 0. The molecule has 0 unspecified atom stereocenters.